The third-order valence-corrected chi connectivity index (χ3v) is 8.35. The maximum atomic E-state index is 13.1. The minimum absolute atomic E-state index is 0.0365. The molecular weight excluding hydrogens is 455 g/mol. The summed E-state index contributed by atoms with van der Waals surface area (Å²) < 4.78 is 66.3. The minimum atomic E-state index is -4.75. The van der Waals surface area contributed by atoms with E-state index in [1.54, 1.807) is 0 Å². The monoisotopic (exact) mass is 481 g/mol. The maximum Gasteiger partial charge on any atom is 0.417 e. The highest BCUT2D eigenvalue weighted by atomic mass is 35.5. The van der Waals surface area contributed by atoms with Gasteiger partial charge in [0.25, 0.3) is 0 Å². The molecule has 3 rings (SSSR count). The summed E-state index contributed by atoms with van der Waals surface area (Å²) in [6.45, 7) is 1.54. The maximum absolute atomic E-state index is 13.1. The molecule has 1 aromatic carbocycles. The first kappa shape index (κ1) is 24.3. The Morgan fingerprint density at radius 1 is 1.13 bits per heavy atom. The molecule has 1 aromatic rings. The molecule has 0 radical (unpaired) electrons. The van der Waals surface area contributed by atoms with Gasteiger partial charge in [-0.15, -0.1) is 0 Å². The number of halogens is 4. The number of likely N-dealkylation sites (tertiary alicyclic amines) is 1. The average molecular weight is 482 g/mol. The minimum Gasteiger partial charge on any atom is -0.341 e. The second kappa shape index (κ2) is 9.25. The summed E-state index contributed by atoms with van der Waals surface area (Å²) in [6, 6.07) is 2.92. The summed E-state index contributed by atoms with van der Waals surface area (Å²) in [5, 5.41) is -0.548. The molecule has 1 amide bonds. The van der Waals surface area contributed by atoms with Crippen molar-refractivity contribution >= 4 is 27.5 Å². The van der Waals surface area contributed by atoms with Crippen LogP contribution in [0.4, 0.5) is 13.2 Å². The Hall–Kier alpha value is -1.36. The molecule has 6 nitrogen and oxygen atoms in total. The van der Waals surface area contributed by atoms with Gasteiger partial charge >= 0.3 is 6.18 Å². The van der Waals surface area contributed by atoms with Crippen molar-refractivity contribution in [3.8, 4) is 0 Å². The van der Waals surface area contributed by atoms with Gasteiger partial charge in [0.2, 0.25) is 15.9 Å². The van der Waals surface area contributed by atoms with E-state index in [2.05, 4.69) is 4.90 Å². The highest BCUT2D eigenvalue weighted by Crippen LogP contribution is 2.37. The summed E-state index contributed by atoms with van der Waals surface area (Å²) in [4.78, 5) is 16.5. The molecule has 1 atom stereocenters. The van der Waals surface area contributed by atoms with Gasteiger partial charge in [0.1, 0.15) is 0 Å². The number of carbonyl (C=O) groups excluding carboxylic acids is 1. The summed E-state index contributed by atoms with van der Waals surface area (Å²) in [7, 11) is -0.134. The fraction of sp³-hybridized carbons (Fsp3) is 0.650. The lowest BCUT2D eigenvalue weighted by atomic mass is 9.94. The van der Waals surface area contributed by atoms with Crippen LogP contribution in [0.15, 0.2) is 23.1 Å². The van der Waals surface area contributed by atoms with E-state index in [0.29, 0.717) is 38.0 Å². The van der Waals surface area contributed by atoms with Crippen molar-refractivity contribution in [3.63, 3.8) is 0 Å². The number of piperidine rings is 2. The Kier molecular flexibility index (Phi) is 7.25. The van der Waals surface area contributed by atoms with E-state index in [1.165, 1.54) is 0 Å². The average Bonchev–Trinajstić information content (AvgIpc) is 2.72. The molecule has 0 saturated carbocycles. The fourth-order valence-corrected chi connectivity index (χ4v) is 5.93. The topological polar surface area (TPSA) is 60.9 Å². The highest BCUT2D eigenvalue weighted by molar-refractivity contribution is 7.89. The van der Waals surface area contributed by atoms with Crippen molar-refractivity contribution in [3.05, 3.63) is 28.8 Å². The van der Waals surface area contributed by atoms with Crippen molar-refractivity contribution in [2.24, 2.45) is 5.92 Å². The molecule has 0 aromatic heterocycles. The first-order valence-electron chi connectivity index (χ1n) is 10.2. The molecule has 0 spiro atoms. The molecule has 2 saturated heterocycles. The van der Waals surface area contributed by atoms with E-state index in [0.717, 1.165) is 29.3 Å². The third-order valence-electron chi connectivity index (χ3n) is 6.12. The Labute approximate surface area is 186 Å². The number of rotatable bonds is 4. The Morgan fingerprint density at radius 2 is 1.77 bits per heavy atom. The van der Waals surface area contributed by atoms with Crippen LogP contribution in [0.5, 0.6) is 0 Å². The van der Waals surface area contributed by atoms with Crippen molar-refractivity contribution in [1.82, 2.24) is 14.1 Å². The number of nitrogens with zero attached hydrogens (tertiary/aromatic N) is 3. The first-order chi connectivity index (χ1) is 14.4. The van der Waals surface area contributed by atoms with Crippen LogP contribution >= 0.6 is 11.6 Å². The van der Waals surface area contributed by atoms with Crippen LogP contribution in [-0.4, -0.2) is 74.7 Å². The number of amides is 1. The molecule has 2 aliphatic heterocycles. The van der Waals surface area contributed by atoms with Crippen molar-refractivity contribution < 1.29 is 26.4 Å². The summed E-state index contributed by atoms with van der Waals surface area (Å²) in [6.07, 6.45) is -2.09. The van der Waals surface area contributed by atoms with E-state index >= 15 is 0 Å². The zero-order valence-corrected chi connectivity index (χ0v) is 19.1. The van der Waals surface area contributed by atoms with Crippen LogP contribution in [0.1, 0.15) is 31.2 Å². The number of likely N-dealkylation sites (N-methyl/N-ethyl adjacent to an activating group) is 1. The zero-order chi connectivity index (χ0) is 23.0. The Bertz CT molecular complexity index is 916. The van der Waals surface area contributed by atoms with Gasteiger partial charge in [0.05, 0.1) is 15.5 Å². The van der Waals surface area contributed by atoms with Crippen LogP contribution in [0.2, 0.25) is 5.02 Å². The molecule has 0 aliphatic carbocycles. The number of carbonyl (C=O) groups is 1. The number of benzene rings is 1. The second-order valence-corrected chi connectivity index (χ2v) is 10.7. The largest absolute Gasteiger partial charge is 0.417 e. The van der Waals surface area contributed by atoms with Gasteiger partial charge in [-0.1, -0.05) is 11.6 Å². The predicted molar refractivity (Wildman–Crippen MR) is 111 cm³/mol. The van der Waals surface area contributed by atoms with Crippen LogP contribution in [-0.2, 0) is 21.0 Å². The second-order valence-electron chi connectivity index (χ2n) is 8.36. The number of alkyl halides is 3. The number of sulfonamides is 1. The molecule has 0 N–H and O–H groups in total. The number of hydrogen-bond donors (Lipinski definition) is 0. The molecule has 2 heterocycles. The quantitative estimate of drug-likeness (QED) is 0.662. The molecule has 174 valence electrons. The van der Waals surface area contributed by atoms with Crippen molar-refractivity contribution in [2.45, 2.75) is 42.8 Å². The lowest BCUT2D eigenvalue weighted by Gasteiger charge is -2.39. The van der Waals surface area contributed by atoms with Crippen LogP contribution in [0, 0.1) is 5.92 Å². The van der Waals surface area contributed by atoms with Crippen molar-refractivity contribution in [1.29, 1.82) is 0 Å². The normalized spacial score (nSPS) is 22.2. The van der Waals surface area contributed by atoms with Crippen molar-refractivity contribution in [2.75, 3.05) is 40.3 Å². The Morgan fingerprint density at radius 3 is 2.35 bits per heavy atom. The van der Waals surface area contributed by atoms with Gasteiger partial charge in [-0.2, -0.15) is 17.5 Å². The predicted octanol–water partition coefficient (Wildman–Crippen LogP) is 3.31. The van der Waals surface area contributed by atoms with E-state index < -0.39 is 31.7 Å². The fourth-order valence-electron chi connectivity index (χ4n) is 4.21. The smallest absolute Gasteiger partial charge is 0.341 e. The van der Waals surface area contributed by atoms with Gasteiger partial charge in [-0.05, 0) is 58.0 Å². The molecule has 2 aliphatic rings. The summed E-state index contributed by atoms with van der Waals surface area (Å²) in [5.74, 6) is -0.238. The lowest BCUT2D eigenvalue weighted by Crippen LogP contribution is -2.51. The van der Waals surface area contributed by atoms with Gasteiger partial charge in [0, 0.05) is 38.1 Å². The standard InChI is InChI=1S/C20H27ClF3N3O3S/c1-25(2)15-4-3-9-26(13-15)19(28)14-7-10-27(11-8-14)31(29,30)16-5-6-18(21)17(12-16)20(22,23)24/h5-6,12,14-15H,3-4,7-11,13H2,1-2H3. The first-order valence-corrected chi connectivity index (χ1v) is 12.0. The van der Waals surface area contributed by atoms with E-state index in [9.17, 15) is 26.4 Å². The molecule has 0 bridgehead atoms. The van der Waals surface area contributed by atoms with Gasteiger partial charge in [0.15, 0.2) is 0 Å². The SMILES string of the molecule is CN(C)C1CCCN(C(=O)C2CCN(S(=O)(=O)c3ccc(Cl)c(C(F)(F)F)c3)CC2)C1. The van der Waals surface area contributed by atoms with E-state index in [4.69, 9.17) is 11.6 Å². The van der Waals surface area contributed by atoms with Gasteiger partial charge < -0.3 is 9.80 Å². The Balaban J connectivity index is 1.67. The zero-order valence-electron chi connectivity index (χ0n) is 17.5. The molecular formula is C20H27ClF3N3O3S. The lowest BCUT2D eigenvalue weighted by molar-refractivity contribution is -0.139. The molecule has 11 heteroatoms. The van der Waals surface area contributed by atoms with Gasteiger partial charge in [-0.3, -0.25) is 4.79 Å². The summed E-state index contributed by atoms with van der Waals surface area (Å²) >= 11 is 5.60. The molecule has 1 unspecified atom stereocenters. The van der Waals surface area contributed by atoms with Gasteiger partial charge in [-0.25, -0.2) is 8.42 Å². The summed E-state index contributed by atoms with van der Waals surface area (Å²) in [5.41, 5.74) is -1.18. The highest BCUT2D eigenvalue weighted by Gasteiger charge is 2.38. The molecule has 31 heavy (non-hydrogen) atoms. The third kappa shape index (κ3) is 5.35. The van der Waals surface area contributed by atoms with E-state index in [1.807, 2.05) is 19.0 Å². The van der Waals surface area contributed by atoms with E-state index in [-0.39, 0.29) is 24.9 Å². The number of hydrogen-bond acceptors (Lipinski definition) is 4. The van der Waals surface area contributed by atoms with Crippen LogP contribution in [0.3, 0.4) is 0 Å². The van der Waals surface area contributed by atoms with Crippen LogP contribution < -0.4 is 0 Å². The van der Waals surface area contributed by atoms with Crippen LogP contribution in [0.25, 0.3) is 0 Å². The molecule has 2 fully saturated rings.